The van der Waals surface area contributed by atoms with Crippen LogP contribution < -0.4 is 15.8 Å². The molecule has 8 nitrogen and oxygen atoms in total. The van der Waals surface area contributed by atoms with Crippen molar-refractivity contribution >= 4 is 28.9 Å². The van der Waals surface area contributed by atoms with Crippen LogP contribution in [0.15, 0.2) is 71.5 Å². The second-order valence-electron chi connectivity index (χ2n) is 7.09. The van der Waals surface area contributed by atoms with Crippen molar-refractivity contribution in [1.29, 1.82) is 0 Å². The number of nitrogens with one attached hydrogen (secondary N) is 2. The maximum absolute atomic E-state index is 12.1. The van der Waals surface area contributed by atoms with Crippen LogP contribution in [0.25, 0.3) is 0 Å². The molecule has 2 aromatic carbocycles. The molecule has 160 valence electrons. The third kappa shape index (κ3) is 5.72. The topological polar surface area (TPSA) is 112 Å². The van der Waals surface area contributed by atoms with Crippen molar-refractivity contribution in [3.8, 4) is 5.88 Å². The van der Waals surface area contributed by atoms with E-state index in [2.05, 4.69) is 29.0 Å². The summed E-state index contributed by atoms with van der Waals surface area (Å²) in [5, 5.41) is 12.0. The summed E-state index contributed by atoms with van der Waals surface area (Å²) in [6.45, 7) is 3.66. The average Bonchev–Trinajstić information content (AvgIpc) is 2.73. The quantitative estimate of drug-likeness (QED) is 0.504. The number of nitrogens with zero attached hydrogens (tertiary/aromatic N) is 1. The lowest BCUT2D eigenvalue weighted by Crippen LogP contribution is -2.25. The molecule has 31 heavy (non-hydrogen) atoms. The van der Waals surface area contributed by atoms with Crippen molar-refractivity contribution in [3.05, 3.63) is 82.6 Å². The van der Waals surface area contributed by atoms with Gasteiger partial charge in [-0.1, -0.05) is 18.2 Å². The number of aromatic hydroxyl groups is 1. The highest BCUT2D eigenvalue weighted by Crippen LogP contribution is 2.28. The van der Waals surface area contributed by atoms with E-state index in [1.807, 2.05) is 42.5 Å². The van der Waals surface area contributed by atoms with Crippen molar-refractivity contribution in [2.45, 2.75) is 19.9 Å². The summed E-state index contributed by atoms with van der Waals surface area (Å²) >= 11 is 0. The van der Waals surface area contributed by atoms with Gasteiger partial charge in [0, 0.05) is 35.2 Å². The molecule has 1 amide bonds. The van der Waals surface area contributed by atoms with Crippen LogP contribution in [0.3, 0.4) is 0 Å². The van der Waals surface area contributed by atoms with Crippen LogP contribution in [-0.4, -0.2) is 34.6 Å². The zero-order chi connectivity index (χ0) is 22.4. The van der Waals surface area contributed by atoms with Crippen LogP contribution in [0.4, 0.5) is 17.1 Å². The van der Waals surface area contributed by atoms with Gasteiger partial charge < -0.3 is 20.1 Å². The van der Waals surface area contributed by atoms with Gasteiger partial charge in [0.05, 0.1) is 5.56 Å². The first-order valence-electron chi connectivity index (χ1n) is 9.68. The average molecular weight is 421 g/mol. The Balaban J connectivity index is 1.61. The Morgan fingerprint density at radius 1 is 1.03 bits per heavy atom. The van der Waals surface area contributed by atoms with Crippen molar-refractivity contribution in [2.24, 2.45) is 0 Å². The molecule has 3 rings (SSSR count). The number of amides is 1. The number of aromatic amines is 1. The summed E-state index contributed by atoms with van der Waals surface area (Å²) in [4.78, 5) is 39.6. The van der Waals surface area contributed by atoms with Crippen molar-refractivity contribution in [3.63, 3.8) is 0 Å². The van der Waals surface area contributed by atoms with E-state index in [1.54, 1.807) is 12.1 Å². The second-order valence-corrected chi connectivity index (χ2v) is 7.09. The van der Waals surface area contributed by atoms with Gasteiger partial charge in [0.1, 0.15) is 0 Å². The number of anilines is 3. The third-order valence-corrected chi connectivity index (χ3v) is 4.38. The zero-order valence-corrected chi connectivity index (χ0v) is 17.2. The Bertz CT molecular complexity index is 1110. The highest BCUT2D eigenvalue weighted by atomic mass is 16.5. The minimum atomic E-state index is -0.887. The summed E-state index contributed by atoms with van der Waals surface area (Å²) in [5.41, 5.74) is 1.79. The number of hydrogen-bond donors (Lipinski definition) is 3. The van der Waals surface area contributed by atoms with Crippen LogP contribution in [0, 0.1) is 0 Å². The van der Waals surface area contributed by atoms with Crippen molar-refractivity contribution in [2.75, 3.05) is 16.8 Å². The summed E-state index contributed by atoms with van der Waals surface area (Å²) < 4.78 is 4.90. The SMILES string of the molecule is CC(C)N(c1ccccc1)c1ccc(NC(=O)COC(=O)c2cc(O)[nH]c(=O)c2)cc1. The van der Waals surface area contributed by atoms with Gasteiger partial charge in [0.25, 0.3) is 11.5 Å². The fraction of sp³-hybridized carbons (Fsp3) is 0.174. The predicted molar refractivity (Wildman–Crippen MR) is 118 cm³/mol. The summed E-state index contributed by atoms with van der Waals surface area (Å²) in [6, 6.07) is 19.6. The maximum atomic E-state index is 12.1. The highest BCUT2D eigenvalue weighted by Gasteiger charge is 2.14. The molecule has 0 atom stereocenters. The van der Waals surface area contributed by atoms with Crippen LogP contribution in [0.5, 0.6) is 5.88 Å². The van der Waals surface area contributed by atoms with E-state index in [9.17, 15) is 19.5 Å². The maximum Gasteiger partial charge on any atom is 0.339 e. The van der Waals surface area contributed by atoms with Crippen LogP contribution in [-0.2, 0) is 9.53 Å². The summed E-state index contributed by atoms with van der Waals surface area (Å²) in [5.74, 6) is -1.88. The normalized spacial score (nSPS) is 10.5. The molecule has 0 aliphatic rings. The molecule has 0 saturated heterocycles. The smallest absolute Gasteiger partial charge is 0.339 e. The fourth-order valence-electron chi connectivity index (χ4n) is 3.10. The number of pyridine rings is 1. The molecule has 0 bridgehead atoms. The lowest BCUT2D eigenvalue weighted by Gasteiger charge is -2.29. The number of para-hydroxylation sites is 1. The van der Waals surface area contributed by atoms with Gasteiger partial charge in [0.2, 0.25) is 0 Å². The molecular weight excluding hydrogens is 398 g/mol. The molecule has 1 heterocycles. The van der Waals surface area contributed by atoms with Gasteiger partial charge in [-0.25, -0.2) is 4.79 Å². The summed E-state index contributed by atoms with van der Waals surface area (Å²) in [7, 11) is 0. The van der Waals surface area contributed by atoms with Gasteiger partial charge in [-0.2, -0.15) is 0 Å². The van der Waals surface area contributed by atoms with E-state index in [4.69, 9.17) is 4.74 Å². The van der Waals surface area contributed by atoms with E-state index in [0.29, 0.717) is 5.69 Å². The molecular formula is C23H23N3O5. The Hall–Kier alpha value is -4.07. The highest BCUT2D eigenvalue weighted by molar-refractivity contribution is 5.95. The number of esters is 1. The predicted octanol–water partition coefficient (Wildman–Crippen LogP) is 3.42. The second kappa shape index (κ2) is 9.62. The number of hydrogen-bond acceptors (Lipinski definition) is 6. The number of aromatic nitrogens is 1. The molecule has 0 spiro atoms. The first-order chi connectivity index (χ1) is 14.8. The van der Waals surface area contributed by atoms with E-state index in [-0.39, 0.29) is 11.6 Å². The summed E-state index contributed by atoms with van der Waals surface area (Å²) in [6.07, 6.45) is 0. The van der Waals surface area contributed by atoms with E-state index in [1.165, 1.54) is 0 Å². The number of carbonyl (C=O) groups excluding carboxylic acids is 2. The molecule has 0 aliphatic carbocycles. The monoisotopic (exact) mass is 421 g/mol. The first-order valence-corrected chi connectivity index (χ1v) is 9.68. The van der Waals surface area contributed by atoms with Gasteiger partial charge in [-0.3, -0.25) is 14.6 Å². The van der Waals surface area contributed by atoms with E-state index >= 15 is 0 Å². The van der Waals surface area contributed by atoms with Gasteiger partial charge in [0.15, 0.2) is 12.5 Å². The Morgan fingerprint density at radius 2 is 1.68 bits per heavy atom. The van der Waals surface area contributed by atoms with Gasteiger partial charge in [-0.15, -0.1) is 0 Å². The van der Waals surface area contributed by atoms with Crippen LogP contribution >= 0.6 is 0 Å². The molecule has 3 aromatic rings. The van der Waals surface area contributed by atoms with Gasteiger partial charge >= 0.3 is 5.97 Å². The molecule has 1 aromatic heterocycles. The van der Waals surface area contributed by atoms with Crippen LogP contribution in [0.1, 0.15) is 24.2 Å². The van der Waals surface area contributed by atoms with E-state index in [0.717, 1.165) is 23.5 Å². The molecule has 0 radical (unpaired) electrons. The Kier molecular flexibility index (Phi) is 6.71. The number of rotatable bonds is 7. The number of carbonyl (C=O) groups is 2. The zero-order valence-electron chi connectivity index (χ0n) is 17.2. The van der Waals surface area contributed by atoms with Gasteiger partial charge in [-0.05, 0) is 50.2 Å². The number of benzene rings is 2. The molecule has 0 fully saturated rings. The largest absolute Gasteiger partial charge is 0.494 e. The number of ether oxygens (including phenoxy) is 1. The lowest BCUT2D eigenvalue weighted by molar-refractivity contribution is -0.119. The Labute approximate surface area is 179 Å². The minimum absolute atomic E-state index is 0.145. The minimum Gasteiger partial charge on any atom is -0.494 e. The molecule has 0 aliphatic heterocycles. The molecule has 0 unspecified atom stereocenters. The molecule has 8 heteroatoms. The first kappa shape index (κ1) is 21.6. The van der Waals surface area contributed by atoms with Crippen molar-refractivity contribution in [1.82, 2.24) is 4.98 Å². The van der Waals surface area contributed by atoms with Crippen LogP contribution in [0.2, 0.25) is 0 Å². The standard InChI is InChI=1S/C23H23N3O5/c1-15(2)26(18-6-4-3-5-7-18)19-10-8-17(9-11-19)24-22(29)14-31-23(30)16-12-20(27)25-21(28)13-16/h3-13,15H,14H2,1-2H3,(H,24,29)(H2,25,27,28). The van der Waals surface area contributed by atoms with Crippen molar-refractivity contribution < 1.29 is 19.4 Å². The fourth-order valence-corrected chi connectivity index (χ4v) is 3.10. The number of H-pyrrole nitrogens is 1. The molecule has 3 N–H and O–H groups in total. The molecule has 0 saturated carbocycles. The lowest BCUT2D eigenvalue weighted by atomic mass is 10.2. The third-order valence-electron chi connectivity index (χ3n) is 4.38. The van der Waals surface area contributed by atoms with E-state index < -0.39 is 29.9 Å². The Morgan fingerprint density at radius 3 is 2.29 bits per heavy atom.